The van der Waals surface area contributed by atoms with Gasteiger partial charge in [-0.15, -0.1) is 0 Å². The van der Waals surface area contributed by atoms with Crippen molar-refractivity contribution >= 4 is 11.9 Å². The molecule has 0 saturated carbocycles. The first kappa shape index (κ1) is 18.9. The summed E-state index contributed by atoms with van der Waals surface area (Å²) in [5.74, 6) is 0.414. The summed E-state index contributed by atoms with van der Waals surface area (Å²) in [6, 6.07) is 14.7. The molecule has 2 aromatic rings. The number of amides is 1. The van der Waals surface area contributed by atoms with Crippen molar-refractivity contribution in [1.82, 2.24) is 15.5 Å². The normalized spacial score (nSPS) is 13.9. The monoisotopic (exact) mass is 368 g/mol. The maximum atomic E-state index is 12.9. The van der Waals surface area contributed by atoms with E-state index >= 15 is 0 Å². The number of nitrogens with zero attached hydrogens (tertiary/aromatic N) is 2. The molecule has 2 N–H and O–H groups in total. The first-order chi connectivity index (χ1) is 13.2. The van der Waals surface area contributed by atoms with Crippen molar-refractivity contribution in [3.63, 3.8) is 0 Å². The van der Waals surface area contributed by atoms with Crippen LogP contribution in [0.5, 0.6) is 0 Å². The molecule has 0 spiro atoms. The van der Waals surface area contributed by atoms with Crippen LogP contribution in [0.2, 0.25) is 0 Å². The molecular formula is C21H25FN4O. The molecule has 3 rings (SSSR count). The minimum atomic E-state index is -0.233. The number of rotatable bonds is 5. The zero-order valence-electron chi connectivity index (χ0n) is 15.5. The summed E-state index contributed by atoms with van der Waals surface area (Å²) in [4.78, 5) is 18.5. The molecule has 5 nitrogen and oxygen atoms in total. The highest BCUT2D eigenvalue weighted by molar-refractivity contribution is 5.86. The predicted octanol–water partition coefficient (Wildman–Crippen LogP) is 2.12. The Morgan fingerprint density at radius 3 is 2.59 bits per heavy atom. The highest BCUT2D eigenvalue weighted by atomic mass is 19.1. The Kier molecular flexibility index (Phi) is 6.41. The molecule has 1 amide bonds. The van der Waals surface area contributed by atoms with Gasteiger partial charge in [0.2, 0.25) is 5.91 Å². The smallest absolute Gasteiger partial charge is 0.242 e. The van der Waals surface area contributed by atoms with Gasteiger partial charge in [0.05, 0.1) is 6.54 Å². The summed E-state index contributed by atoms with van der Waals surface area (Å²) in [6.45, 7) is 2.26. The fourth-order valence-electron chi connectivity index (χ4n) is 3.18. The van der Waals surface area contributed by atoms with Gasteiger partial charge < -0.3 is 15.5 Å². The Hall–Kier alpha value is -2.89. The summed E-state index contributed by atoms with van der Waals surface area (Å²) in [7, 11) is 1.68. The second-order valence-electron chi connectivity index (χ2n) is 6.56. The second kappa shape index (κ2) is 9.16. The van der Waals surface area contributed by atoms with Gasteiger partial charge in [0, 0.05) is 26.7 Å². The minimum absolute atomic E-state index is 0.0611. The number of guanidine groups is 1. The van der Waals surface area contributed by atoms with Gasteiger partial charge in [-0.2, -0.15) is 0 Å². The van der Waals surface area contributed by atoms with E-state index in [1.54, 1.807) is 19.2 Å². The van der Waals surface area contributed by atoms with E-state index in [2.05, 4.69) is 27.8 Å². The number of benzene rings is 2. The summed E-state index contributed by atoms with van der Waals surface area (Å²) in [5.41, 5.74) is 3.59. The number of carbonyl (C=O) groups is 1. The Bertz CT molecular complexity index is 804. The molecule has 1 aliphatic rings. The Morgan fingerprint density at radius 2 is 1.85 bits per heavy atom. The Labute approximate surface area is 159 Å². The van der Waals surface area contributed by atoms with Crippen LogP contribution in [0.3, 0.4) is 0 Å². The Morgan fingerprint density at radius 1 is 1.11 bits per heavy atom. The lowest BCUT2D eigenvalue weighted by atomic mass is 10.00. The van der Waals surface area contributed by atoms with Crippen LogP contribution in [-0.4, -0.2) is 43.4 Å². The third kappa shape index (κ3) is 5.29. The number of hydrogen-bond donors (Lipinski definition) is 2. The van der Waals surface area contributed by atoms with Gasteiger partial charge >= 0.3 is 0 Å². The number of aliphatic imine (C=N–C) groups is 1. The molecule has 1 heterocycles. The van der Waals surface area contributed by atoms with E-state index in [1.165, 1.54) is 23.3 Å². The largest absolute Gasteiger partial charge is 0.356 e. The van der Waals surface area contributed by atoms with Crippen LogP contribution in [0, 0.1) is 5.82 Å². The number of halogens is 1. The van der Waals surface area contributed by atoms with Crippen molar-refractivity contribution in [2.75, 3.05) is 26.7 Å². The van der Waals surface area contributed by atoms with Gasteiger partial charge in [-0.1, -0.05) is 36.4 Å². The lowest BCUT2D eigenvalue weighted by Crippen LogP contribution is -2.46. The number of fused-ring (bicyclic) bond motifs is 1. The Balaban J connectivity index is 1.42. The van der Waals surface area contributed by atoms with E-state index in [4.69, 9.17) is 0 Å². The van der Waals surface area contributed by atoms with Crippen LogP contribution in [0.1, 0.15) is 16.7 Å². The van der Waals surface area contributed by atoms with Gasteiger partial charge in [0.1, 0.15) is 5.82 Å². The van der Waals surface area contributed by atoms with Gasteiger partial charge in [-0.05, 0) is 41.7 Å². The van der Waals surface area contributed by atoms with Crippen LogP contribution >= 0.6 is 0 Å². The van der Waals surface area contributed by atoms with Crippen molar-refractivity contribution in [1.29, 1.82) is 0 Å². The standard InChI is InChI=1S/C21H25FN4O/c1-23-21(24-12-10-16-6-8-19(22)9-7-16)25-14-20(27)26-13-11-17-4-2-3-5-18(17)15-26/h2-9H,10-15H2,1H3,(H2,23,24,25). The van der Waals surface area contributed by atoms with E-state index in [-0.39, 0.29) is 18.3 Å². The minimum Gasteiger partial charge on any atom is -0.356 e. The molecule has 0 fully saturated rings. The van der Waals surface area contributed by atoms with E-state index in [0.717, 1.165) is 24.9 Å². The summed E-state index contributed by atoms with van der Waals surface area (Å²) in [6.07, 6.45) is 1.64. The van der Waals surface area contributed by atoms with Crippen molar-refractivity contribution in [2.45, 2.75) is 19.4 Å². The van der Waals surface area contributed by atoms with Gasteiger partial charge in [-0.3, -0.25) is 9.79 Å². The average Bonchev–Trinajstić information content (AvgIpc) is 2.71. The van der Waals surface area contributed by atoms with E-state index in [9.17, 15) is 9.18 Å². The lowest BCUT2D eigenvalue weighted by Gasteiger charge is -2.29. The molecule has 0 aliphatic carbocycles. The number of carbonyl (C=O) groups excluding carboxylic acids is 1. The molecule has 27 heavy (non-hydrogen) atoms. The van der Waals surface area contributed by atoms with Crippen molar-refractivity contribution in [3.8, 4) is 0 Å². The summed E-state index contributed by atoms with van der Waals surface area (Å²) >= 11 is 0. The quantitative estimate of drug-likeness (QED) is 0.628. The highest BCUT2D eigenvalue weighted by Crippen LogP contribution is 2.18. The summed E-state index contributed by atoms with van der Waals surface area (Å²) in [5, 5.41) is 6.25. The number of nitrogens with one attached hydrogen (secondary N) is 2. The molecule has 1 aliphatic heterocycles. The maximum Gasteiger partial charge on any atom is 0.242 e. The molecular weight excluding hydrogens is 343 g/mol. The SMILES string of the molecule is CN=C(NCCc1ccc(F)cc1)NCC(=O)N1CCc2ccccc2C1. The first-order valence-electron chi connectivity index (χ1n) is 9.19. The fraction of sp³-hybridized carbons (Fsp3) is 0.333. The fourth-order valence-corrected chi connectivity index (χ4v) is 3.18. The average molecular weight is 368 g/mol. The zero-order valence-corrected chi connectivity index (χ0v) is 15.5. The second-order valence-corrected chi connectivity index (χ2v) is 6.56. The van der Waals surface area contributed by atoms with Gasteiger partial charge in [-0.25, -0.2) is 4.39 Å². The molecule has 0 bridgehead atoms. The molecule has 0 unspecified atom stereocenters. The molecule has 0 radical (unpaired) electrons. The van der Waals surface area contributed by atoms with Crippen molar-refractivity contribution < 1.29 is 9.18 Å². The third-order valence-electron chi connectivity index (χ3n) is 4.73. The zero-order chi connectivity index (χ0) is 19.1. The molecule has 6 heteroatoms. The van der Waals surface area contributed by atoms with E-state index in [1.807, 2.05) is 17.0 Å². The highest BCUT2D eigenvalue weighted by Gasteiger charge is 2.20. The molecule has 142 valence electrons. The molecule has 0 saturated heterocycles. The van der Waals surface area contributed by atoms with Gasteiger partial charge in [0.25, 0.3) is 0 Å². The maximum absolute atomic E-state index is 12.9. The van der Waals surface area contributed by atoms with Crippen LogP contribution in [-0.2, 0) is 24.2 Å². The van der Waals surface area contributed by atoms with Gasteiger partial charge in [0.15, 0.2) is 5.96 Å². The van der Waals surface area contributed by atoms with Crippen LogP contribution in [0.25, 0.3) is 0 Å². The molecule has 2 aromatic carbocycles. The topological polar surface area (TPSA) is 56.7 Å². The first-order valence-corrected chi connectivity index (χ1v) is 9.19. The van der Waals surface area contributed by atoms with Crippen LogP contribution in [0.4, 0.5) is 4.39 Å². The predicted molar refractivity (Wildman–Crippen MR) is 105 cm³/mol. The van der Waals surface area contributed by atoms with Crippen molar-refractivity contribution in [3.05, 3.63) is 71.0 Å². The third-order valence-corrected chi connectivity index (χ3v) is 4.73. The van der Waals surface area contributed by atoms with Crippen LogP contribution < -0.4 is 10.6 Å². The summed E-state index contributed by atoms with van der Waals surface area (Å²) < 4.78 is 12.9. The van der Waals surface area contributed by atoms with Crippen molar-refractivity contribution in [2.24, 2.45) is 4.99 Å². The molecule has 0 atom stereocenters. The van der Waals surface area contributed by atoms with Crippen LogP contribution in [0.15, 0.2) is 53.5 Å². The van der Waals surface area contributed by atoms with E-state index < -0.39 is 0 Å². The molecule has 0 aromatic heterocycles. The van der Waals surface area contributed by atoms with E-state index in [0.29, 0.717) is 19.0 Å². The lowest BCUT2D eigenvalue weighted by molar-refractivity contribution is -0.130. The number of hydrogen-bond acceptors (Lipinski definition) is 2.